The highest BCUT2D eigenvalue weighted by Crippen LogP contribution is 2.11. The topological polar surface area (TPSA) is 83.9 Å². The standard InChI is InChI=1S/C6H7NO5/c8-4-1-2-5(9)7(4)12-3-6(10)11/h1-3H2,(H,10,11). The van der Waals surface area contributed by atoms with Crippen molar-refractivity contribution in [1.29, 1.82) is 0 Å². The highest BCUT2D eigenvalue weighted by molar-refractivity contribution is 6.00. The lowest BCUT2D eigenvalue weighted by atomic mass is 10.4. The number of carbonyl (C=O) groups excluding carboxylic acids is 2. The average molecular weight is 173 g/mol. The molecule has 1 saturated heterocycles. The molecule has 0 bridgehead atoms. The summed E-state index contributed by atoms with van der Waals surface area (Å²) in [6.07, 6.45) is 0.191. The summed E-state index contributed by atoms with van der Waals surface area (Å²) in [5.74, 6) is -2.19. The molecule has 6 heteroatoms. The van der Waals surface area contributed by atoms with Crippen molar-refractivity contribution in [3.8, 4) is 0 Å². The third kappa shape index (κ3) is 1.79. The monoisotopic (exact) mass is 173 g/mol. The van der Waals surface area contributed by atoms with Crippen molar-refractivity contribution in [3.05, 3.63) is 0 Å². The number of amides is 2. The first kappa shape index (κ1) is 8.66. The van der Waals surface area contributed by atoms with Crippen LogP contribution in [0.5, 0.6) is 0 Å². The quantitative estimate of drug-likeness (QED) is 0.562. The number of hydrogen-bond donors (Lipinski definition) is 1. The van der Waals surface area contributed by atoms with E-state index in [4.69, 9.17) is 5.11 Å². The Hall–Kier alpha value is -1.43. The predicted octanol–water partition coefficient (Wildman–Crippen LogP) is -0.848. The molecular weight excluding hydrogens is 166 g/mol. The van der Waals surface area contributed by atoms with Gasteiger partial charge in [0.2, 0.25) is 0 Å². The van der Waals surface area contributed by atoms with Crippen molar-refractivity contribution in [3.63, 3.8) is 0 Å². The van der Waals surface area contributed by atoms with Crippen LogP contribution in [0.25, 0.3) is 0 Å². The highest BCUT2D eigenvalue weighted by Gasteiger charge is 2.30. The first-order valence-corrected chi connectivity index (χ1v) is 3.32. The van der Waals surface area contributed by atoms with E-state index in [1.54, 1.807) is 0 Å². The molecule has 0 radical (unpaired) electrons. The van der Waals surface area contributed by atoms with Gasteiger partial charge in [-0.3, -0.25) is 14.4 Å². The zero-order chi connectivity index (χ0) is 9.14. The van der Waals surface area contributed by atoms with Crippen LogP contribution in [-0.2, 0) is 19.2 Å². The van der Waals surface area contributed by atoms with Gasteiger partial charge in [-0.1, -0.05) is 0 Å². The molecule has 0 spiro atoms. The average Bonchev–Trinajstić information content (AvgIpc) is 2.28. The van der Waals surface area contributed by atoms with Crippen LogP contribution in [0.2, 0.25) is 0 Å². The summed E-state index contributed by atoms with van der Waals surface area (Å²) in [6, 6.07) is 0. The van der Waals surface area contributed by atoms with Gasteiger partial charge in [0.1, 0.15) is 0 Å². The van der Waals surface area contributed by atoms with Crippen LogP contribution in [0.4, 0.5) is 0 Å². The Labute approximate surface area is 67.7 Å². The molecule has 0 aromatic heterocycles. The molecule has 0 aliphatic carbocycles. The Morgan fingerprint density at radius 2 is 1.92 bits per heavy atom. The molecule has 0 saturated carbocycles. The molecular formula is C6H7NO5. The summed E-state index contributed by atoms with van der Waals surface area (Å²) in [5, 5.41) is 8.68. The second-order valence-electron chi connectivity index (χ2n) is 2.25. The number of hydroxylamine groups is 2. The Balaban J connectivity index is 2.45. The molecule has 1 aliphatic rings. The minimum absolute atomic E-state index is 0.0957. The predicted molar refractivity (Wildman–Crippen MR) is 34.7 cm³/mol. The van der Waals surface area contributed by atoms with E-state index in [0.717, 1.165) is 0 Å². The van der Waals surface area contributed by atoms with Crippen LogP contribution in [0, 0.1) is 0 Å². The third-order valence-corrected chi connectivity index (χ3v) is 1.32. The van der Waals surface area contributed by atoms with Crippen LogP contribution in [-0.4, -0.2) is 34.6 Å². The number of carboxylic acids is 1. The molecule has 1 heterocycles. The zero-order valence-corrected chi connectivity index (χ0v) is 6.15. The largest absolute Gasteiger partial charge is 0.479 e. The molecule has 1 fully saturated rings. The normalized spacial score (nSPS) is 17.2. The fourth-order valence-corrected chi connectivity index (χ4v) is 0.820. The molecule has 1 N–H and O–H groups in total. The van der Waals surface area contributed by atoms with Crippen molar-refractivity contribution in [2.75, 3.05) is 6.61 Å². The number of nitrogens with zero attached hydrogens (tertiary/aromatic N) is 1. The second kappa shape index (κ2) is 3.31. The van der Waals surface area contributed by atoms with Gasteiger partial charge in [0.05, 0.1) is 0 Å². The van der Waals surface area contributed by atoms with Crippen molar-refractivity contribution in [2.45, 2.75) is 12.8 Å². The maximum absolute atomic E-state index is 10.8. The van der Waals surface area contributed by atoms with Crippen molar-refractivity contribution in [2.24, 2.45) is 0 Å². The van der Waals surface area contributed by atoms with Gasteiger partial charge in [-0.05, 0) is 0 Å². The van der Waals surface area contributed by atoms with E-state index in [1.165, 1.54) is 0 Å². The summed E-state index contributed by atoms with van der Waals surface area (Å²) >= 11 is 0. The summed E-state index contributed by atoms with van der Waals surface area (Å²) in [5.41, 5.74) is 0. The third-order valence-electron chi connectivity index (χ3n) is 1.32. The molecule has 12 heavy (non-hydrogen) atoms. The van der Waals surface area contributed by atoms with Crippen LogP contribution in [0.15, 0.2) is 0 Å². The lowest BCUT2D eigenvalue weighted by molar-refractivity contribution is -0.191. The van der Waals surface area contributed by atoms with E-state index >= 15 is 0 Å². The molecule has 2 amide bonds. The number of hydrogen-bond acceptors (Lipinski definition) is 4. The Morgan fingerprint density at radius 3 is 2.33 bits per heavy atom. The second-order valence-corrected chi connectivity index (χ2v) is 2.25. The van der Waals surface area contributed by atoms with Crippen LogP contribution < -0.4 is 0 Å². The first-order valence-electron chi connectivity index (χ1n) is 3.32. The minimum atomic E-state index is -1.22. The van der Waals surface area contributed by atoms with E-state index in [9.17, 15) is 14.4 Å². The number of rotatable bonds is 3. The highest BCUT2D eigenvalue weighted by atomic mass is 16.7. The molecule has 0 aromatic carbocycles. The number of carbonyl (C=O) groups is 3. The molecule has 0 aromatic rings. The maximum Gasteiger partial charge on any atom is 0.332 e. The molecule has 1 rings (SSSR count). The Bertz CT molecular complexity index is 220. The number of aliphatic carboxylic acids is 1. The smallest absolute Gasteiger partial charge is 0.332 e. The fraction of sp³-hybridized carbons (Fsp3) is 0.500. The minimum Gasteiger partial charge on any atom is -0.479 e. The molecule has 66 valence electrons. The van der Waals surface area contributed by atoms with Crippen molar-refractivity contribution < 1.29 is 24.3 Å². The van der Waals surface area contributed by atoms with Gasteiger partial charge in [0.25, 0.3) is 11.8 Å². The SMILES string of the molecule is O=C(O)CON1C(=O)CCC1=O. The number of imide groups is 1. The van der Waals surface area contributed by atoms with Gasteiger partial charge < -0.3 is 5.11 Å². The van der Waals surface area contributed by atoms with E-state index in [-0.39, 0.29) is 12.8 Å². The van der Waals surface area contributed by atoms with E-state index < -0.39 is 24.4 Å². The summed E-state index contributed by atoms with van der Waals surface area (Å²) in [7, 11) is 0. The van der Waals surface area contributed by atoms with Gasteiger partial charge in [-0.25, -0.2) is 4.79 Å². The van der Waals surface area contributed by atoms with E-state index in [0.29, 0.717) is 5.06 Å². The summed E-state index contributed by atoms with van der Waals surface area (Å²) in [4.78, 5) is 36.0. The van der Waals surface area contributed by atoms with E-state index in [2.05, 4.69) is 4.84 Å². The first-order chi connectivity index (χ1) is 5.61. The molecule has 1 aliphatic heterocycles. The van der Waals surface area contributed by atoms with Gasteiger partial charge >= 0.3 is 5.97 Å². The Morgan fingerprint density at radius 1 is 1.42 bits per heavy atom. The summed E-state index contributed by atoms with van der Waals surface area (Å²) < 4.78 is 0. The number of carboxylic acid groups (broad SMARTS) is 1. The van der Waals surface area contributed by atoms with Crippen molar-refractivity contribution in [1.82, 2.24) is 5.06 Å². The van der Waals surface area contributed by atoms with Crippen LogP contribution in [0.3, 0.4) is 0 Å². The lowest BCUT2D eigenvalue weighted by Crippen LogP contribution is -2.31. The molecule has 0 atom stereocenters. The maximum atomic E-state index is 10.8. The molecule has 0 unspecified atom stereocenters. The zero-order valence-electron chi connectivity index (χ0n) is 6.15. The lowest BCUT2D eigenvalue weighted by Gasteiger charge is -2.10. The van der Waals surface area contributed by atoms with Crippen molar-refractivity contribution >= 4 is 17.8 Å². The van der Waals surface area contributed by atoms with Crippen LogP contribution in [0.1, 0.15) is 12.8 Å². The van der Waals surface area contributed by atoms with E-state index in [1.807, 2.05) is 0 Å². The fourth-order valence-electron chi connectivity index (χ4n) is 0.820. The van der Waals surface area contributed by atoms with Crippen LogP contribution >= 0.6 is 0 Å². The van der Waals surface area contributed by atoms with Gasteiger partial charge in [0, 0.05) is 12.8 Å². The van der Waals surface area contributed by atoms with Gasteiger partial charge in [-0.2, -0.15) is 5.06 Å². The Kier molecular flexibility index (Phi) is 2.39. The summed E-state index contributed by atoms with van der Waals surface area (Å²) in [6.45, 7) is -0.669. The van der Waals surface area contributed by atoms with Gasteiger partial charge in [-0.15, -0.1) is 0 Å². The molecule has 6 nitrogen and oxygen atoms in total. The van der Waals surface area contributed by atoms with Gasteiger partial charge in [0.15, 0.2) is 6.61 Å².